The van der Waals surface area contributed by atoms with Gasteiger partial charge in [-0.05, 0) is 25.7 Å². The van der Waals surface area contributed by atoms with Crippen molar-refractivity contribution < 1.29 is 9.84 Å². The summed E-state index contributed by atoms with van der Waals surface area (Å²) in [7, 11) is 0. The Morgan fingerprint density at radius 2 is 2.06 bits per heavy atom. The average Bonchev–Trinajstić information content (AvgIpc) is 2.19. The lowest BCUT2D eigenvalue weighted by Crippen LogP contribution is -2.49. The zero-order chi connectivity index (χ0) is 12.7. The van der Waals surface area contributed by atoms with Gasteiger partial charge in [-0.2, -0.15) is 0 Å². The Kier molecular flexibility index (Phi) is 6.45. The molecule has 102 valence electrons. The third kappa shape index (κ3) is 5.84. The minimum Gasteiger partial charge on any atom is -0.394 e. The van der Waals surface area contributed by atoms with E-state index in [4.69, 9.17) is 4.74 Å². The van der Waals surface area contributed by atoms with Crippen LogP contribution in [0.5, 0.6) is 0 Å². The van der Waals surface area contributed by atoms with Crippen LogP contribution in [-0.2, 0) is 4.74 Å². The molecule has 1 aliphatic carbocycles. The van der Waals surface area contributed by atoms with Crippen LogP contribution in [0.4, 0.5) is 0 Å². The van der Waals surface area contributed by atoms with Crippen LogP contribution < -0.4 is 5.32 Å². The molecular weight excluding hydrogens is 214 g/mol. The summed E-state index contributed by atoms with van der Waals surface area (Å²) in [5.41, 5.74) is -0.204. The summed E-state index contributed by atoms with van der Waals surface area (Å²) in [5, 5.41) is 12.8. The highest BCUT2D eigenvalue weighted by Crippen LogP contribution is 2.29. The first-order chi connectivity index (χ1) is 8.06. The Morgan fingerprint density at radius 1 is 1.35 bits per heavy atom. The quantitative estimate of drug-likeness (QED) is 0.611. The maximum absolute atomic E-state index is 9.41. The largest absolute Gasteiger partial charge is 0.394 e. The summed E-state index contributed by atoms with van der Waals surface area (Å²) >= 11 is 0. The van der Waals surface area contributed by atoms with Crippen molar-refractivity contribution >= 4 is 0 Å². The highest BCUT2D eigenvalue weighted by atomic mass is 16.5. The van der Waals surface area contributed by atoms with Crippen LogP contribution >= 0.6 is 0 Å². The number of rotatable bonds is 9. The predicted molar refractivity (Wildman–Crippen MR) is 71.2 cm³/mol. The van der Waals surface area contributed by atoms with Crippen LogP contribution in [0.3, 0.4) is 0 Å². The van der Waals surface area contributed by atoms with Gasteiger partial charge in [0.15, 0.2) is 0 Å². The molecule has 0 aromatic carbocycles. The molecule has 1 rings (SSSR count). The smallest absolute Gasteiger partial charge is 0.0611 e. The maximum Gasteiger partial charge on any atom is 0.0611 e. The Morgan fingerprint density at radius 3 is 2.53 bits per heavy atom. The van der Waals surface area contributed by atoms with Crippen LogP contribution in [0, 0.1) is 5.92 Å². The zero-order valence-electron chi connectivity index (χ0n) is 11.7. The van der Waals surface area contributed by atoms with Gasteiger partial charge in [0.05, 0.1) is 6.61 Å². The fourth-order valence-corrected chi connectivity index (χ4v) is 2.32. The van der Waals surface area contributed by atoms with Crippen molar-refractivity contribution in [1.29, 1.82) is 0 Å². The molecule has 1 saturated carbocycles. The van der Waals surface area contributed by atoms with E-state index in [0.29, 0.717) is 6.04 Å². The second-order valence-corrected chi connectivity index (χ2v) is 5.97. The summed E-state index contributed by atoms with van der Waals surface area (Å²) in [4.78, 5) is 0. The fourth-order valence-electron chi connectivity index (χ4n) is 2.32. The fraction of sp³-hybridized carbons (Fsp3) is 1.00. The molecule has 1 unspecified atom stereocenters. The van der Waals surface area contributed by atoms with Crippen molar-refractivity contribution in [3.8, 4) is 0 Å². The number of ether oxygens (including phenoxy) is 1. The zero-order valence-corrected chi connectivity index (χ0v) is 11.7. The van der Waals surface area contributed by atoms with Gasteiger partial charge in [0.25, 0.3) is 0 Å². The van der Waals surface area contributed by atoms with Crippen LogP contribution in [0.1, 0.15) is 52.9 Å². The van der Waals surface area contributed by atoms with Crippen molar-refractivity contribution in [2.75, 3.05) is 19.8 Å². The SMILES string of the molecule is CC(C)NC(C)(CO)CCOCCC1CCC1. The molecule has 3 nitrogen and oxygen atoms in total. The highest BCUT2D eigenvalue weighted by molar-refractivity contribution is 4.83. The standard InChI is InChI=1S/C14H29NO2/c1-12(2)15-14(3,11-16)8-10-17-9-7-13-5-4-6-13/h12-13,15-16H,4-11H2,1-3H3. The molecule has 0 radical (unpaired) electrons. The molecule has 0 aromatic heterocycles. The first-order valence-electron chi connectivity index (χ1n) is 7.02. The van der Waals surface area contributed by atoms with E-state index in [1.807, 2.05) is 0 Å². The average molecular weight is 243 g/mol. The van der Waals surface area contributed by atoms with Gasteiger partial charge < -0.3 is 15.2 Å². The topological polar surface area (TPSA) is 41.5 Å². The van der Waals surface area contributed by atoms with Gasteiger partial charge in [-0.25, -0.2) is 0 Å². The molecule has 0 spiro atoms. The number of aliphatic hydroxyl groups excluding tert-OH is 1. The molecule has 0 saturated heterocycles. The van der Waals surface area contributed by atoms with E-state index in [0.717, 1.165) is 25.6 Å². The van der Waals surface area contributed by atoms with Crippen molar-refractivity contribution in [2.45, 2.75) is 64.5 Å². The van der Waals surface area contributed by atoms with Gasteiger partial charge in [-0.3, -0.25) is 0 Å². The third-order valence-electron chi connectivity index (χ3n) is 3.68. The monoisotopic (exact) mass is 243 g/mol. The Hall–Kier alpha value is -0.120. The van der Waals surface area contributed by atoms with Crippen LogP contribution in [0.2, 0.25) is 0 Å². The molecule has 1 aliphatic rings. The molecule has 3 heteroatoms. The van der Waals surface area contributed by atoms with Gasteiger partial charge in [-0.15, -0.1) is 0 Å². The summed E-state index contributed by atoms with van der Waals surface area (Å²) in [6.45, 7) is 8.05. The molecule has 0 aromatic rings. The lowest BCUT2D eigenvalue weighted by Gasteiger charge is -2.31. The number of nitrogens with one attached hydrogen (secondary N) is 1. The van der Waals surface area contributed by atoms with Gasteiger partial charge in [0.1, 0.15) is 0 Å². The first-order valence-corrected chi connectivity index (χ1v) is 7.02. The van der Waals surface area contributed by atoms with E-state index in [2.05, 4.69) is 26.1 Å². The third-order valence-corrected chi connectivity index (χ3v) is 3.68. The van der Waals surface area contributed by atoms with Crippen molar-refractivity contribution in [1.82, 2.24) is 5.32 Å². The second-order valence-electron chi connectivity index (χ2n) is 5.97. The number of hydrogen-bond acceptors (Lipinski definition) is 3. The van der Waals surface area contributed by atoms with Crippen molar-refractivity contribution in [2.24, 2.45) is 5.92 Å². The molecule has 2 N–H and O–H groups in total. The summed E-state index contributed by atoms with van der Waals surface area (Å²) < 4.78 is 5.67. The second kappa shape index (κ2) is 7.34. The maximum atomic E-state index is 9.41. The normalized spacial score (nSPS) is 20.3. The van der Waals surface area contributed by atoms with E-state index in [1.165, 1.54) is 25.7 Å². The number of aliphatic hydroxyl groups is 1. The van der Waals surface area contributed by atoms with E-state index in [-0.39, 0.29) is 12.1 Å². The van der Waals surface area contributed by atoms with Crippen molar-refractivity contribution in [3.05, 3.63) is 0 Å². The molecule has 0 aliphatic heterocycles. The van der Waals surface area contributed by atoms with Crippen molar-refractivity contribution in [3.63, 3.8) is 0 Å². The summed E-state index contributed by atoms with van der Waals surface area (Å²) in [6.07, 6.45) is 6.28. The minimum atomic E-state index is -0.204. The summed E-state index contributed by atoms with van der Waals surface area (Å²) in [5.74, 6) is 0.924. The molecule has 1 fully saturated rings. The molecule has 17 heavy (non-hydrogen) atoms. The Bertz CT molecular complexity index is 204. The predicted octanol–water partition coefficient (Wildman–Crippen LogP) is 2.33. The highest BCUT2D eigenvalue weighted by Gasteiger charge is 2.23. The molecule has 0 bridgehead atoms. The molecule has 0 amide bonds. The van der Waals surface area contributed by atoms with Crippen LogP contribution in [0.25, 0.3) is 0 Å². The molecular formula is C14H29NO2. The van der Waals surface area contributed by atoms with Gasteiger partial charge >= 0.3 is 0 Å². The Balaban J connectivity index is 2.05. The molecule has 1 atom stereocenters. The summed E-state index contributed by atoms with van der Waals surface area (Å²) in [6, 6.07) is 0.391. The lowest BCUT2D eigenvalue weighted by molar-refractivity contribution is 0.0704. The number of hydrogen-bond donors (Lipinski definition) is 2. The lowest BCUT2D eigenvalue weighted by atomic mass is 9.83. The van der Waals surface area contributed by atoms with Crippen LogP contribution in [0.15, 0.2) is 0 Å². The van der Waals surface area contributed by atoms with E-state index in [9.17, 15) is 5.11 Å². The van der Waals surface area contributed by atoms with Gasteiger partial charge in [-0.1, -0.05) is 33.1 Å². The van der Waals surface area contributed by atoms with E-state index >= 15 is 0 Å². The first kappa shape index (κ1) is 14.9. The van der Waals surface area contributed by atoms with Gasteiger partial charge in [0, 0.05) is 24.8 Å². The Labute approximate surface area is 106 Å². The van der Waals surface area contributed by atoms with E-state index in [1.54, 1.807) is 0 Å². The van der Waals surface area contributed by atoms with Crippen LogP contribution in [-0.4, -0.2) is 36.5 Å². The minimum absolute atomic E-state index is 0.164. The van der Waals surface area contributed by atoms with Gasteiger partial charge in [0.2, 0.25) is 0 Å². The molecule has 0 heterocycles. The van der Waals surface area contributed by atoms with E-state index < -0.39 is 0 Å².